The minimum Gasteiger partial charge on any atom is -0.294 e. The lowest BCUT2D eigenvalue weighted by atomic mass is 10.0. The normalized spacial score (nSPS) is 14.5. The number of hydrogen-bond acceptors (Lipinski definition) is 5. The molecular formula is C20H17N3S2. The summed E-state index contributed by atoms with van der Waals surface area (Å²) >= 11 is 3.32. The van der Waals surface area contributed by atoms with Crippen LogP contribution in [-0.4, -0.2) is 17.7 Å². The molecule has 0 saturated heterocycles. The lowest BCUT2D eigenvalue weighted by Gasteiger charge is -2.26. The van der Waals surface area contributed by atoms with Crippen molar-refractivity contribution in [3.05, 3.63) is 74.3 Å². The van der Waals surface area contributed by atoms with Crippen molar-refractivity contribution in [3.8, 4) is 6.07 Å². The number of fused-ring (bicyclic) bond motifs is 1. The number of thiophene rings is 2. The van der Waals surface area contributed by atoms with Crippen LogP contribution in [0.25, 0.3) is 0 Å². The van der Waals surface area contributed by atoms with E-state index < -0.39 is 0 Å². The fourth-order valence-electron chi connectivity index (χ4n) is 3.11. The molecule has 25 heavy (non-hydrogen) atoms. The van der Waals surface area contributed by atoms with Crippen molar-refractivity contribution >= 4 is 33.9 Å². The van der Waals surface area contributed by atoms with Crippen molar-refractivity contribution in [2.75, 3.05) is 6.54 Å². The highest BCUT2D eigenvalue weighted by molar-refractivity contribution is 7.16. The first-order valence-corrected chi connectivity index (χ1v) is 9.91. The molecule has 3 heterocycles. The Hall–Kier alpha value is -2.26. The number of nitriles is 1. The van der Waals surface area contributed by atoms with Crippen LogP contribution in [0.2, 0.25) is 0 Å². The van der Waals surface area contributed by atoms with Gasteiger partial charge in [-0.1, -0.05) is 36.4 Å². The van der Waals surface area contributed by atoms with E-state index in [-0.39, 0.29) is 0 Å². The van der Waals surface area contributed by atoms with Gasteiger partial charge in [0.25, 0.3) is 0 Å². The zero-order valence-electron chi connectivity index (χ0n) is 13.7. The van der Waals surface area contributed by atoms with E-state index in [1.54, 1.807) is 22.7 Å². The van der Waals surface area contributed by atoms with Crippen molar-refractivity contribution < 1.29 is 0 Å². The summed E-state index contributed by atoms with van der Waals surface area (Å²) in [6.45, 7) is 2.84. The minimum atomic E-state index is 0.771. The summed E-state index contributed by atoms with van der Waals surface area (Å²) in [4.78, 5) is 9.44. The molecule has 0 saturated carbocycles. The molecule has 1 aliphatic heterocycles. The Morgan fingerprint density at radius 1 is 1.20 bits per heavy atom. The second kappa shape index (κ2) is 7.32. The van der Waals surface area contributed by atoms with Crippen molar-refractivity contribution in [2.45, 2.75) is 19.5 Å². The molecule has 0 amide bonds. The van der Waals surface area contributed by atoms with Crippen LogP contribution in [0.4, 0.5) is 5.00 Å². The second-order valence-electron chi connectivity index (χ2n) is 6.02. The van der Waals surface area contributed by atoms with Crippen LogP contribution >= 0.6 is 22.7 Å². The van der Waals surface area contributed by atoms with Crippen LogP contribution in [0, 0.1) is 11.3 Å². The van der Waals surface area contributed by atoms with Gasteiger partial charge in [0.1, 0.15) is 11.1 Å². The summed E-state index contributed by atoms with van der Waals surface area (Å²) in [6, 6.07) is 17.0. The maximum atomic E-state index is 9.59. The molecule has 3 aromatic rings. The van der Waals surface area contributed by atoms with Crippen molar-refractivity contribution in [3.63, 3.8) is 0 Å². The summed E-state index contributed by atoms with van der Waals surface area (Å²) in [6.07, 6.45) is 2.79. The molecule has 0 aliphatic carbocycles. The average molecular weight is 364 g/mol. The number of rotatable bonds is 4. The van der Waals surface area contributed by atoms with Gasteiger partial charge >= 0.3 is 0 Å². The Balaban J connectivity index is 1.55. The maximum Gasteiger partial charge on any atom is 0.134 e. The van der Waals surface area contributed by atoms with Crippen molar-refractivity contribution in [2.24, 2.45) is 4.99 Å². The van der Waals surface area contributed by atoms with E-state index >= 15 is 0 Å². The Morgan fingerprint density at radius 3 is 2.84 bits per heavy atom. The van der Waals surface area contributed by atoms with Gasteiger partial charge in [0.15, 0.2) is 0 Å². The predicted molar refractivity (Wildman–Crippen MR) is 105 cm³/mol. The number of aliphatic imine (C=N–C) groups is 1. The molecule has 0 unspecified atom stereocenters. The van der Waals surface area contributed by atoms with Crippen molar-refractivity contribution in [1.29, 1.82) is 5.26 Å². The van der Waals surface area contributed by atoms with Crippen LogP contribution in [0.1, 0.15) is 26.4 Å². The molecule has 0 atom stereocenters. The van der Waals surface area contributed by atoms with Gasteiger partial charge in [-0.25, -0.2) is 4.99 Å². The molecule has 0 spiro atoms. The summed E-state index contributed by atoms with van der Waals surface area (Å²) < 4.78 is 0. The number of hydrogen-bond donors (Lipinski definition) is 0. The molecule has 1 aliphatic rings. The smallest absolute Gasteiger partial charge is 0.134 e. The van der Waals surface area contributed by atoms with Gasteiger partial charge in [-0.3, -0.25) is 4.90 Å². The highest BCUT2D eigenvalue weighted by Gasteiger charge is 2.24. The summed E-state index contributed by atoms with van der Waals surface area (Å²) in [7, 11) is 0. The van der Waals surface area contributed by atoms with Gasteiger partial charge in [0.2, 0.25) is 0 Å². The van der Waals surface area contributed by atoms with E-state index in [0.29, 0.717) is 0 Å². The van der Waals surface area contributed by atoms with E-state index in [0.717, 1.165) is 41.5 Å². The van der Waals surface area contributed by atoms with Crippen LogP contribution in [-0.2, 0) is 19.5 Å². The Kier molecular flexibility index (Phi) is 4.75. The van der Waals surface area contributed by atoms with Crippen LogP contribution in [0.3, 0.4) is 0 Å². The van der Waals surface area contributed by atoms with E-state index in [1.165, 1.54) is 16.0 Å². The first kappa shape index (κ1) is 16.2. The van der Waals surface area contributed by atoms with Gasteiger partial charge in [0.05, 0.1) is 5.56 Å². The van der Waals surface area contributed by atoms with Crippen LogP contribution < -0.4 is 0 Å². The molecule has 2 aromatic heterocycles. The monoisotopic (exact) mass is 363 g/mol. The first-order valence-electron chi connectivity index (χ1n) is 8.22. The van der Waals surface area contributed by atoms with Gasteiger partial charge in [-0.2, -0.15) is 5.26 Å². The number of nitrogens with zero attached hydrogens (tertiary/aromatic N) is 3. The largest absolute Gasteiger partial charge is 0.294 e. The standard InChI is InChI=1S/C20H17N3S2/c21-11-18-17-8-9-23(13-15-5-2-1-3-6-15)14-19(17)25-20(18)22-12-16-7-4-10-24-16/h1-7,10,12H,8-9,13-14H2. The van der Waals surface area contributed by atoms with E-state index in [2.05, 4.69) is 40.2 Å². The summed E-state index contributed by atoms with van der Waals surface area (Å²) in [5.74, 6) is 0. The average Bonchev–Trinajstić information content (AvgIpc) is 3.27. The Labute approximate surface area is 155 Å². The molecule has 0 fully saturated rings. The van der Waals surface area contributed by atoms with E-state index in [9.17, 15) is 5.26 Å². The third kappa shape index (κ3) is 3.57. The van der Waals surface area contributed by atoms with E-state index in [4.69, 9.17) is 0 Å². The molecule has 1 aromatic carbocycles. The number of benzene rings is 1. The molecule has 124 valence electrons. The quantitative estimate of drug-likeness (QED) is 0.613. The van der Waals surface area contributed by atoms with Crippen LogP contribution in [0.5, 0.6) is 0 Å². The zero-order valence-corrected chi connectivity index (χ0v) is 15.3. The predicted octanol–water partition coefficient (Wildman–Crippen LogP) is 4.99. The van der Waals surface area contributed by atoms with Gasteiger partial charge < -0.3 is 0 Å². The Morgan fingerprint density at radius 2 is 2.08 bits per heavy atom. The minimum absolute atomic E-state index is 0.771. The summed E-state index contributed by atoms with van der Waals surface area (Å²) in [5, 5.41) is 12.5. The highest BCUT2D eigenvalue weighted by atomic mass is 32.1. The first-order chi connectivity index (χ1) is 12.3. The van der Waals surface area contributed by atoms with Gasteiger partial charge in [0, 0.05) is 35.6 Å². The molecule has 0 radical (unpaired) electrons. The topological polar surface area (TPSA) is 39.4 Å². The second-order valence-corrected chi connectivity index (χ2v) is 8.08. The molecule has 4 rings (SSSR count). The van der Waals surface area contributed by atoms with Gasteiger partial charge in [-0.15, -0.1) is 22.7 Å². The lowest BCUT2D eigenvalue weighted by Crippen LogP contribution is -2.29. The molecule has 3 nitrogen and oxygen atoms in total. The third-order valence-electron chi connectivity index (χ3n) is 4.33. The molecule has 0 bridgehead atoms. The van der Waals surface area contributed by atoms with Crippen LogP contribution in [0.15, 0.2) is 52.8 Å². The fraction of sp³-hybridized carbons (Fsp3) is 0.200. The molecule has 5 heteroatoms. The SMILES string of the molecule is N#Cc1c(N=Cc2cccs2)sc2c1CCN(Cc1ccccc1)C2. The van der Waals surface area contributed by atoms with E-state index in [1.807, 2.05) is 29.8 Å². The zero-order chi connectivity index (χ0) is 17.1. The Bertz CT molecular complexity index is 918. The lowest BCUT2D eigenvalue weighted by molar-refractivity contribution is 0.249. The fourth-order valence-corrected chi connectivity index (χ4v) is 4.88. The maximum absolute atomic E-state index is 9.59. The third-order valence-corrected chi connectivity index (χ3v) is 6.26. The molecular weight excluding hydrogens is 346 g/mol. The van der Waals surface area contributed by atoms with Gasteiger partial charge in [-0.05, 0) is 29.0 Å². The molecule has 0 N–H and O–H groups in total. The highest BCUT2D eigenvalue weighted by Crippen LogP contribution is 2.38. The summed E-state index contributed by atoms with van der Waals surface area (Å²) in [5.41, 5.74) is 3.31. The van der Waals surface area contributed by atoms with Crippen molar-refractivity contribution in [1.82, 2.24) is 4.90 Å².